The summed E-state index contributed by atoms with van der Waals surface area (Å²) >= 11 is 0. The Kier molecular flexibility index (Phi) is 4.50. The number of benzene rings is 2. The van der Waals surface area contributed by atoms with E-state index in [2.05, 4.69) is 43.8 Å². The van der Waals surface area contributed by atoms with Gasteiger partial charge in [-0.25, -0.2) is 5.43 Å². The van der Waals surface area contributed by atoms with Crippen LogP contribution in [0.4, 0.5) is 5.69 Å². The van der Waals surface area contributed by atoms with E-state index in [1.165, 1.54) is 5.69 Å². The van der Waals surface area contributed by atoms with Crippen molar-refractivity contribution in [1.29, 1.82) is 0 Å². The molecular weight excluding hydrogens is 262 g/mol. The third-order valence-corrected chi connectivity index (χ3v) is 3.08. The highest BCUT2D eigenvalue weighted by atomic mass is 16.2. The molecule has 0 saturated heterocycles. The molecule has 21 heavy (non-hydrogen) atoms. The fourth-order valence-corrected chi connectivity index (χ4v) is 1.83. The summed E-state index contributed by atoms with van der Waals surface area (Å²) in [6, 6.07) is 17.1. The molecule has 0 spiro atoms. The predicted molar refractivity (Wildman–Crippen MR) is 87.5 cm³/mol. The van der Waals surface area contributed by atoms with Crippen LogP contribution in [0.3, 0.4) is 0 Å². The van der Waals surface area contributed by atoms with Gasteiger partial charge in [-0.3, -0.25) is 9.28 Å². The van der Waals surface area contributed by atoms with E-state index in [1.54, 1.807) is 18.3 Å². The van der Waals surface area contributed by atoms with Gasteiger partial charge in [-0.15, -0.1) is 0 Å². The number of hydrogen-bond acceptors (Lipinski definition) is 2. The van der Waals surface area contributed by atoms with Gasteiger partial charge in [-0.1, -0.05) is 18.2 Å². The lowest BCUT2D eigenvalue weighted by atomic mass is 10.2. The largest absolute Gasteiger partial charge is 0.298 e. The fourth-order valence-electron chi connectivity index (χ4n) is 1.83. The molecule has 0 aliphatic carbocycles. The van der Waals surface area contributed by atoms with E-state index < -0.39 is 0 Å². The Morgan fingerprint density at radius 2 is 1.62 bits per heavy atom. The van der Waals surface area contributed by atoms with Gasteiger partial charge < -0.3 is 0 Å². The minimum atomic E-state index is -0.213. The van der Waals surface area contributed by atoms with Crippen molar-refractivity contribution >= 4 is 17.8 Å². The second-order valence-corrected chi connectivity index (χ2v) is 5.67. The van der Waals surface area contributed by atoms with E-state index in [9.17, 15) is 4.79 Å². The standard InChI is InChI=1S/C17H19N3O/c1-20(2,3)16-11-9-14(10-12-16)13-18-19-17(21)15-7-5-4-6-8-15/h4-13H,1-3H3/p+1/b18-13+. The quantitative estimate of drug-likeness (QED) is 0.523. The van der Waals surface area contributed by atoms with Gasteiger partial charge in [0.1, 0.15) is 5.69 Å². The summed E-state index contributed by atoms with van der Waals surface area (Å²) < 4.78 is 0.766. The van der Waals surface area contributed by atoms with Crippen LogP contribution in [0.1, 0.15) is 15.9 Å². The van der Waals surface area contributed by atoms with Gasteiger partial charge in [0.15, 0.2) is 0 Å². The molecule has 0 radical (unpaired) electrons. The highest BCUT2D eigenvalue weighted by Gasteiger charge is 2.10. The van der Waals surface area contributed by atoms with E-state index in [4.69, 9.17) is 0 Å². The lowest BCUT2D eigenvalue weighted by Crippen LogP contribution is -2.34. The van der Waals surface area contributed by atoms with Gasteiger partial charge in [0, 0.05) is 5.56 Å². The number of quaternary nitrogens is 1. The van der Waals surface area contributed by atoms with Crippen LogP contribution in [0.2, 0.25) is 0 Å². The Morgan fingerprint density at radius 1 is 1.00 bits per heavy atom. The molecule has 0 bridgehead atoms. The Hall–Kier alpha value is -2.46. The Labute approximate surface area is 125 Å². The van der Waals surface area contributed by atoms with Crippen molar-refractivity contribution in [1.82, 2.24) is 9.91 Å². The van der Waals surface area contributed by atoms with Crippen LogP contribution in [-0.4, -0.2) is 33.3 Å². The molecule has 0 aliphatic rings. The van der Waals surface area contributed by atoms with E-state index in [0.29, 0.717) is 5.56 Å². The average molecular weight is 282 g/mol. The molecule has 0 saturated carbocycles. The summed E-state index contributed by atoms with van der Waals surface area (Å²) in [7, 11) is 6.34. The maximum Gasteiger partial charge on any atom is 0.271 e. The molecule has 0 heterocycles. The van der Waals surface area contributed by atoms with Gasteiger partial charge in [-0.05, 0) is 42.0 Å². The van der Waals surface area contributed by atoms with Crippen LogP contribution in [-0.2, 0) is 0 Å². The summed E-state index contributed by atoms with van der Waals surface area (Å²) in [5.74, 6) is -0.213. The topological polar surface area (TPSA) is 41.5 Å². The Bertz CT molecular complexity index is 625. The molecule has 108 valence electrons. The highest BCUT2D eigenvalue weighted by molar-refractivity contribution is 5.94. The van der Waals surface area contributed by atoms with Crippen molar-refractivity contribution in [3.63, 3.8) is 0 Å². The third-order valence-electron chi connectivity index (χ3n) is 3.08. The number of carbonyl (C=O) groups is 1. The normalized spacial score (nSPS) is 11.6. The lowest BCUT2D eigenvalue weighted by molar-refractivity contribution is 0.0955. The predicted octanol–water partition coefficient (Wildman–Crippen LogP) is 2.65. The highest BCUT2D eigenvalue weighted by Crippen LogP contribution is 2.16. The van der Waals surface area contributed by atoms with Crippen molar-refractivity contribution in [3.05, 3.63) is 65.7 Å². The zero-order valence-electron chi connectivity index (χ0n) is 12.6. The van der Waals surface area contributed by atoms with Gasteiger partial charge in [0.05, 0.1) is 27.4 Å². The monoisotopic (exact) mass is 282 g/mol. The molecule has 2 aromatic rings. The van der Waals surface area contributed by atoms with E-state index in [1.807, 2.05) is 30.3 Å². The van der Waals surface area contributed by atoms with Crippen LogP contribution >= 0.6 is 0 Å². The fraction of sp³-hybridized carbons (Fsp3) is 0.176. The zero-order chi connectivity index (χ0) is 15.3. The minimum absolute atomic E-state index is 0.213. The molecular formula is C17H20N3O+. The second-order valence-electron chi connectivity index (χ2n) is 5.67. The molecule has 1 N–H and O–H groups in total. The number of hydrogen-bond donors (Lipinski definition) is 1. The van der Waals surface area contributed by atoms with Crippen LogP contribution in [0, 0.1) is 0 Å². The number of hydrazone groups is 1. The number of nitrogens with one attached hydrogen (secondary N) is 1. The Balaban J connectivity index is 1.97. The molecule has 4 heteroatoms. The van der Waals surface area contributed by atoms with Crippen molar-refractivity contribution in [2.24, 2.45) is 5.10 Å². The summed E-state index contributed by atoms with van der Waals surface area (Å²) in [4.78, 5) is 11.8. The minimum Gasteiger partial charge on any atom is -0.298 e. The van der Waals surface area contributed by atoms with Crippen molar-refractivity contribution < 1.29 is 4.79 Å². The molecule has 0 unspecified atom stereocenters. The smallest absolute Gasteiger partial charge is 0.271 e. The molecule has 0 aliphatic heterocycles. The lowest BCUT2D eigenvalue weighted by Gasteiger charge is -2.23. The second kappa shape index (κ2) is 6.33. The van der Waals surface area contributed by atoms with Crippen LogP contribution in [0.25, 0.3) is 0 Å². The molecule has 1 amide bonds. The summed E-state index contributed by atoms with van der Waals surface area (Å²) in [5.41, 5.74) is 5.27. The molecule has 2 aromatic carbocycles. The number of carbonyl (C=O) groups excluding carboxylic acids is 1. The van der Waals surface area contributed by atoms with E-state index in [-0.39, 0.29) is 5.91 Å². The van der Waals surface area contributed by atoms with Gasteiger partial charge >= 0.3 is 0 Å². The summed E-state index contributed by atoms with van der Waals surface area (Å²) in [5, 5.41) is 3.98. The molecule has 0 fully saturated rings. The average Bonchev–Trinajstić information content (AvgIpc) is 2.47. The maximum atomic E-state index is 11.8. The molecule has 0 aromatic heterocycles. The van der Waals surface area contributed by atoms with Crippen molar-refractivity contribution in [2.75, 3.05) is 21.1 Å². The van der Waals surface area contributed by atoms with Crippen LogP contribution < -0.4 is 9.91 Å². The number of nitrogens with zero attached hydrogens (tertiary/aromatic N) is 2. The molecule has 0 atom stereocenters. The molecule has 4 nitrogen and oxygen atoms in total. The van der Waals surface area contributed by atoms with Gasteiger partial charge in [0.25, 0.3) is 5.91 Å². The molecule has 2 rings (SSSR count). The van der Waals surface area contributed by atoms with E-state index in [0.717, 1.165) is 10.0 Å². The first-order valence-corrected chi connectivity index (χ1v) is 6.77. The summed E-state index contributed by atoms with van der Waals surface area (Å²) in [6.45, 7) is 0. The van der Waals surface area contributed by atoms with E-state index >= 15 is 0 Å². The maximum absolute atomic E-state index is 11.8. The van der Waals surface area contributed by atoms with Crippen LogP contribution in [0.15, 0.2) is 59.7 Å². The van der Waals surface area contributed by atoms with Gasteiger partial charge in [-0.2, -0.15) is 5.10 Å². The zero-order valence-corrected chi connectivity index (χ0v) is 12.6. The van der Waals surface area contributed by atoms with Crippen molar-refractivity contribution in [2.45, 2.75) is 0 Å². The Morgan fingerprint density at radius 3 is 2.19 bits per heavy atom. The first-order valence-electron chi connectivity index (χ1n) is 6.77. The van der Waals surface area contributed by atoms with Crippen molar-refractivity contribution in [3.8, 4) is 0 Å². The SMILES string of the molecule is C[N+](C)(C)c1ccc(/C=N/NC(=O)c2ccccc2)cc1. The van der Waals surface area contributed by atoms with Crippen LogP contribution in [0.5, 0.6) is 0 Å². The first kappa shape index (κ1) is 14.9. The number of rotatable bonds is 4. The van der Waals surface area contributed by atoms with Gasteiger partial charge in [0.2, 0.25) is 0 Å². The number of amides is 1. The third kappa shape index (κ3) is 4.26. The summed E-state index contributed by atoms with van der Waals surface area (Å²) in [6.07, 6.45) is 1.64. The first-order chi connectivity index (χ1) is 9.97.